The maximum Gasteiger partial charge on any atom is 0.183 e. The molecule has 1 unspecified atom stereocenters. The fourth-order valence-corrected chi connectivity index (χ4v) is 2.44. The van der Waals surface area contributed by atoms with Crippen LogP contribution in [-0.4, -0.2) is 20.2 Å². The molecule has 0 saturated carbocycles. The van der Waals surface area contributed by atoms with Crippen LogP contribution in [0.15, 0.2) is 18.2 Å². The van der Waals surface area contributed by atoms with Crippen molar-refractivity contribution >= 4 is 17.3 Å². The van der Waals surface area contributed by atoms with E-state index >= 15 is 0 Å². The monoisotopic (exact) mass is 279 g/mol. The zero-order chi connectivity index (χ0) is 13.8. The molecule has 1 aromatic heterocycles. The molecule has 19 heavy (non-hydrogen) atoms. The van der Waals surface area contributed by atoms with Gasteiger partial charge in [0, 0.05) is 11.3 Å². The van der Waals surface area contributed by atoms with Crippen LogP contribution in [0.3, 0.4) is 0 Å². The van der Waals surface area contributed by atoms with Crippen LogP contribution in [0.5, 0.6) is 0 Å². The van der Waals surface area contributed by atoms with Crippen LogP contribution in [0.2, 0.25) is 5.02 Å². The first-order valence-electron chi connectivity index (χ1n) is 6.50. The lowest BCUT2D eigenvalue weighted by molar-refractivity contribution is 0.404. The van der Waals surface area contributed by atoms with Crippen molar-refractivity contribution in [1.82, 2.24) is 20.2 Å². The summed E-state index contributed by atoms with van der Waals surface area (Å²) in [4.78, 5) is 0. The molecule has 0 spiro atoms. The van der Waals surface area contributed by atoms with Gasteiger partial charge in [0.25, 0.3) is 0 Å². The standard InChI is InChI=1S/C13H18ClN5/c1-3-5-10(4-2)19-13(16-17-18-19)11-7-6-9(15)8-12(11)14/h6-8,10H,3-5,15H2,1-2H3. The second kappa shape index (κ2) is 6.02. The van der Waals surface area contributed by atoms with Gasteiger partial charge in [-0.05, 0) is 41.5 Å². The minimum atomic E-state index is 0.295. The number of benzene rings is 1. The van der Waals surface area contributed by atoms with E-state index < -0.39 is 0 Å². The van der Waals surface area contributed by atoms with Crippen molar-refractivity contribution in [2.24, 2.45) is 0 Å². The Bertz CT molecular complexity index is 552. The highest BCUT2D eigenvalue weighted by molar-refractivity contribution is 6.33. The average Bonchev–Trinajstić information content (AvgIpc) is 2.85. The molecule has 1 atom stereocenters. The highest BCUT2D eigenvalue weighted by Crippen LogP contribution is 2.30. The first-order valence-corrected chi connectivity index (χ1v) is 6.88. The second-order valence-electron chi connectivity index (χ2n) is 4.54. The van der Waals surface area contributed by atoms with Crippen LogP contribution in [0, 0.1) is 0 Å². The number of hydrogen-bond acceptors (Lipinski definition) is 4. The van der Waals surface area contributed by atoms with Gasteiger partial charge in [-0.3, -0.25) is 0 Å². The Kier molecular flexibility index (Phi) is 4.37. The van der Waals surface area contributed by atoms with Gasteiger partial charge in [0.2, 0.25) is 0 Å². The summed E-state index contributed by atoms with van der Waals surface area (Å²) in [7, 11) is 0. The predicted molar refractivity (Wildman–Crippen MR) is 76.9 cm³/mol. The third kappa shape index (κ3) is 2.87. The summed E-state index contributed by atoms with van der Waals surface area (Å²) >= 11 is 6.23. The van der Waals surface area contributed by atoms with Gasteiger partial charge in [-0.1, -0.05) is 31.9 Å². The predicted octanol–water partition coefficient (Wildman–Crippen LogP) is 3.33. The van der Waals surface area contributed by atoms with Crippen LogP contribution >= 0.6 is 11.6 Å². The molecular formula is C13H18ClN5. The smallest absolute Gasteiger partial charge is 0.183 e. The largest absolute Gasteiger partial charge is 0.399 e. The summed E-state index contributed by atoms with van der Waals surface area (Å²) in [5.41, 5.74) is 7.16. The maximum absolute atomic E-state index is 6.23. The average molecular weight is 280 g/mol. The van der Waals surface area contributed by atoms with E-state index in [1.165, 1.54) is 0 Å². The quantitative estimate of drug-likeness (QED) is 0.852. The summed E-state index contributed by atoms with van der Waals surface area (Å²) < 4.78 is 1.86. The molecule has 0 amide bonds. The molecule has 0 saturated heterocycles. The number of tetrazole rings is 1. The van der Waals surface area contributed by atoms with E-state index in [4.69, 9.17) is 17.3 Å². The molecule has 1 aromatic carbocycles. The lowest BCUT2D eigenvalue weighted by atomic mass is 10.1. The van der Waals surface area contributed by atoms with Crippen LogP contribution in [0.4, 0.5) is 5.69 Å². The van der Waals surface area contributed by atoms with E-state index in [2.05, 4.69) is 29.4 Å². The molecule has 0 aliphatic heterocycles. The van der Waals surface area contributed by atoms with Gasteiger partial charge < -0.3 is 5.73 Å². The number of hydrogen-bond donors (Lipinski definition) is 1. The van der Waals surface area contributed by atoms with Crippen molar-refractivity contribution in [2.75, 3.05) is 5.73 Å². The summed E-state index contributed by atoms with van der Waals surface area (Å²) in [5, 5.41) is 12.6. The molecule has 2 aromatic rings. The minimum Gasteiger partial charge on any atom is -0.399 e. The molecule has 102 valence electrons. The van der Waals surface area contributed by atoms with Gasteiger partial charge in [0.1, 0.15) is 0 Å². The van der Waals surface area contributed by atoms with Gasteiger partial charge in [-0.15, -0.1) is 5.10 Å². The lowest BCUT2D eigenvalue weighted by Crippen LogP contribution is -2.11. The van der Waals surface area contributed by atoms with E-state index in [1.54, 1.807) is 12.1 Å². The topological polar surface area (TPSA) is 69.6 Å². The normalized spacial score (nSPS) is 12.6. The second-order valence-corrected chi connectivity index (χ2v) is 4.94. The first-order chi connectivity index (χ1) is 9.17. The Hall–Kier alpha value is -1.62. The molecule has 5 nitrogen and oxygen atoms in total. The van der Waals surface area contributed by atoms with Gasteiger partial charge >= 0.3 is 0 Å². The number of halogens is 1. The molecule has 0 fully saturated rings. The highest BCUT2D eigenvalue weighted by Gasteiger charge is 2.18. The van der Waals surface area contributed by atoms with Gasteiger partial charge in [-0.25, -0.2) is 4.68 Å². The molecule has 0 aliphatic rings. The molecule has 2 N–H and O–H groups in total. The molecule has 0 radical (unpaired) electrons. The fraction of sp³-hybridized carbons (Fsp3) is 0.462. The van der Waals surface area contributed by atoms with Crippen molar-refractivity contribution in [3.05, 3.63) is 23.2 Å². The van der Waals surface area contributed by atoms with Crippen LogP contribution in [-0.2, 0) is 0 Å². The Morgan fingerprint density at radius 2 is 2.16 bits per heavy atom. The number of nitrogen functional groups attached to an aromatic ring is 1. The Morgan fingerprint density at radius 1 is 1.37 bits per heavy atom. The van der Waals surface area contributed by atoms with Crippen molar-refractivity contribution in [2.45, 2.75) is 39.2 Å². The van der Waals surface area contributed by atoms with Crippen molar-refractivity contribution in [1.29, 1.82) is 0 Å². The number of aromatic nitrogens is 4. The van der Waals surface area contributed by atoms with Crippen molar-refractivity contribution in [3.8, 4) is 11.4 Å². The van der Waals surface area contributed by atoms with E-state index in [1.807, 2.05) is 10.7 Å². The molecular weight excluding hydrogens is 262 g/mol. The zero-order valence-electron chi connectivity index (χ0n) is 11.2. The Balaban J connectivity index is 2.43. The first kappa shape index (κ1) is 13.8. The molecule has 6 heteroatoms. The minimum absolute atomic E-state index is 0.295. The summed E-state index contributed by atoms with van der Waals surface area (Å²) in [6.07, 6.45) is 3.12. The van der Waals surface area contributed by atoms with Gasteiger partial charge in [0.15, 0.2) is 5.82 Å². The third-order valence-corrected chi connectivity index (χ3v) is 3.48. The van der Waals surface area contributed by atoms with Gasteiger partial charge in [0.05, 0.1) is 11.1 Å². The molecule has 0 bridgehead atoms. The van der Waals surface area contributed by atoms with Crippen LogP contribution < -0.4 is 5.73 Å². The Morgan fingerprint density at radius 3 is 2.79 bits per heavy atom. The zero-order valence-corrected chi connectivity index (χ0v) is 11.9. The number of anilines is 1. The SMILES string of the molecule is CCCC(CC)n1nnnc1-c1ccc(N)cc1Cl. The highest BCUT2D eigenvalue weighted by atomic mass is 35.5. The van der Waals surface area contributed by atoms with E-state index in [0.29, 0.717) is 22.6 Å². The van der Waals surface area contributed by atoms with Gasteiger partial charge in [-0.2, -0.15) is 0 Å². The number of nitrogens with two attached hydrogens (primary N) is 1. The number of rotatable bonds is 5. The van der Waals surface area contributed by atoms with E-state index in [9.17, 15) is 0 Å². The van der Waals surface area contributed by atoms with Crippen LogP contribution in [0.25, 0.3) is 11.4 Å². The van der Waals surface area contributed by atoms with Crippen molar-refractivity contribution in [3.63, 3.8) is 0 Å². The van der Waals surface area contributed by atoms with E-state index in [0.717, 1.165) is 24.8 Å². The summed E-state index contributed by atoms with van der Waals surface area (Å²) in [6, 6.07) is 5.68. The molecule has 2 rings (SSSR count). The molecule has 0 aliphatic carbocycles. The maximum atomic E-state index is 6.23. The number of nitrogens with zero attached hydrogens (tertiary/aromatic N) is 4. The van der Waals surface area contributed by atoms with Crippen molar-refractivity contribution < 1.29 is 0 Å². The lowest BCUT2D eigenvalue weighted by Gasteiger charge is -2.16. The summed E-state index contributed by atoms with van der Waals surface area (Å²) in [6.45, 7) is 4.29. The molecule has 1 heterocycles. The summed E-state index contributed by atoms with van der Waals surface area (Å²) in [5.74, 6) is 0.699. The Labute approximate surface area is 117 Å². The fourth-order valence-electron chi connectivity index (χ4n) is 2.16. The third-order valence-electron chi connectivity index (χ3n) is 3.17. The van der Waals surface area contributed by atoms with Crippen LogP contribution in [0.1, 0.15) is 39.2 Å². The van der Waals surface area contributed by atoms with E-state index in [-0.39, 0.29) is 0 Å².